The Morgan fingerprint density at radius 1 is 1.40 bits per heavy atom. The van der Waals surface area contributed by atoms with E-state index in [4.69, 9.17) is 20.2 Å². The Kier molecular flexibility index (Phi) is 4.77. The van der Waals surface area contributed by atoms with Crippen LogP contribution in [-0.2, 0) is 28.9 Å². The zero-order chi connectivity index (χ0) is 18.4. The molecule has 0 radical (unpaired) electrons. The van der Waals surface area contributed by atoms with E-state index in [0.29, 0.717) is 29.7 Å². The van der Waals surface area contributed by atoms with Crippen molar-refractivity contribution in [1.29, 1.82) is 0 Å². The summed E-state index contributed by atoms with van der Waals surface area (Å²) in [6.07, 6.45) is 1.64. The second kappa shape index (κ2) is 6.57. The molecule has 25 heavy (non-hydrogen) atoms. The predicted octanol–water partition coefficient (Wildman–Crippen LogP) is 4.11. The molecule has 0 aliphatic carbocycles. The zero-order valence-corrected chi connectivity index (χ0v) is 16.4. The van der Waals surface area contributed by atoms with Crippen molar-refractivity contribution < 1.29 is 14.3 Å². The van der Waals surface area contributed by atoms with Crippen LogP contribution in [0.1, 0.15) is 61.1 Å². The third-order valence-electron chi connectivity index (χ3n) is 4.45. The molecule has 0 saturated heterocycles. The van der Waals surface area contributed by atoms with Crippen molar-refractivity contribution in [2.75, 3.05) is 12.3 Å². The lowest BCUT2D eigenvalue weighted by atomic mass is 9.87. The Morgan fingerprint density at radius 2 is 2.12 bits per heavy atom. The average molecular weight is 362 g/mol. The van der Waals surface area contributed by atoms with Crippen LogP contribution in [-0.4, -0.2) is 23.2 Å². The van der Waals surface area contributed by atoms with Crippen molar-refractivity contribution in [2.45, 2.75) is 59.7 Å². The van der Waals surface area contributed by atoms with Gasteiger partial charge in [0.15, 0.2) is 0 Å². The summed E-state index contributed by atoms with van der Waals surface area (Å²) >= 11 is 1.33. The van der Waals surface area contributed by atoms with Gasteiger partial charge in [0.05, 0.1) is 24.5 Å². The molecule has 0 bridgehead atoms. The number of carbonyl (C=O) groups excluding carboxylic acids is 1. The normalized spacial score (nSPS) is 16.2. The van der Waals surface area contributed by atoms with Crippen LogP contribution in [0.25, 0.3) is 10.2 Å². The first-order chi connectivity index (χ1) is 11.7. The summed E-state index contributed by atoms with van der Waals surface area (Å²) in [5, 5.41) is 0.909. The molecular weight excluding hydrogens is 336 g/mol. The van der Waals surface area contributed by atoms with Gasteiger partial charge in [-0.1, -0.05) is 13.8 Å². The van der Waals surface area contributed by atoms with Crippen LogP contribution >= 0.6 is 11.3 Å². The van der Waals surface area contributed by atoms with Crippen LogP contribution in [0.3, 0.4) is 0 Å². The van der Waals surface area contributed by atoms with Crippen LogP contribution in [0.2, 0.25) is 0 Å². The molecule has 2 N–H and O–H groups in total. The fourth-order valence-corrected chi connectivity index (χ4v) is 4.37. The number of nitrogen functional groups attached to an aromatic ring is 1. The lowest BCUT2D eigenvalue weighted by Gasteiger charge is -2.33. The minimum atomic E-state index is -0.367. The first-order valence-electron chi connectivity index (χ1n) is 8.77. The highest BCUT2D eigenvalue weighted by Gasteiger charge is 2.32. The number of ether oxygens (including phenoxy) is 2. The topological polar surface area (TPSA) is 74.4 Å². The quantitative estimate of drug-likeness (QED) is 0.829. The molecule has 1 aliphatic heterocycles. The summed E-state index contributed by atoms with van der Waals surface area (Å²) < 4.78 is 11.2. The second-order valence-corrected chi connectivity index (χ2v) is 8.58. The molecule has 0 saturated carbocycles. The fraction of sp³-hybridized carbons (Fsp3) is 0.579. The van der Waals surface area contributed by atoms with E-state index in [1.807, 2.05) is 0 Å². The molecule has 1 aliphatic rings. The molecule has 5 nitrogen and oxygen atoms in total. The lowest BCUT2D eigenvalue weighted by molar-refractivity contribution is -0.0402. The van der Waals surface area contributed by atoms with Crippen LogP contribution < -0.4 is 5.73 Å². The maximum Gasteiger partial charge on any atom is 0.350 e. The number of rotatable bonds is 4. The summed E-state index contributed by atoms with van der Waals surface area (Å²) in [5.74, 6) is 0.124. The van der Waals surface area contributed by atoms with E-state index in [0.717, 1.165) is 34.3 Å². The van der Waals surface area contributed by atoms with Gasteiger partial charge in [0, 0.05) is 23.1 Å². The Bertz CT molecular complexity index is 824. The number of thiophene rings is 1. The molecular formula is C19H26N2O3S. The number of fused-ring (bicyclic) bond motifs is 3. The molecule has 0 atom stereocenters. The number of esters is 1. The summed E-state index contributed by atoms with van der Waals surface area (Å²) in [4.78, 5) is 18.4. The van der Waals surface area contributed by atoms with E-state index >= 15 is 0 Å². The van der Waals surface area contributed by atoms with E-state index in [1.54, 1.807) is 6.92 Å². The highest BCUT2D eigenvalue weighted by atomic mass is 32.1. The summed E-state index contributed by atoms with van der Waals surface area (Å²) in [7, 11) is 0. The minimum absolute atomic E-state index is 0.255. The summed E-state index contributed by atoms with van der Waals surface area (Å²) in [6, 6.07) is 0. The van der Waals surface area contributed by atoms with Crippen LogP contribution in [0.15, 0.2) is 0 Å². The molecule has 2 aromatic rings. The lowest BCUT2D eigenvalue weighted by Crippen LogP contribution is -2.33. The minimum Gasteiger partial charge on any atom is -0.462 e. The third kappa shape index (κ3) is 3.37. The number of hydrogen-bond acceptors (Lipinski definition) is 6. The van der Waals surface area contributed by atoms with Crippen molar-refractivity contribution in [3.05, 3.63) is 21.7 Å². The monoisotopic (exact) mass is 362 g/mol. The van der Waals surface area contributed by atoms with E-state index in [1.165, 1.54) is 16.9 Å². The number of carbonyl (C=O) groups is 1. The number of nitrogens with two attached hydrogens (primary N) is 1. The molecule has 2 aromatic heterocycles. The van der Waals surface area contributed by atoms with E-state index in [2.05, 4.69) is 27.7 Å². The van der Waals surface area contributed by atoms with Gasteiger partial charge >= 0.3 is 5.97 Å². The third-order valence-corrected chi connectivity index (χ3v) is 5.53. The molecule has 0 spiro atoms. The number of hydrogen-bond donors (Lipinski definition) is 1. The second-order valence-electron chi connectivity index (χ2n) is 7.58. The van der Waals surface area contributed by atoms with Crippen molar-refractivity contribution >= 4 is 33.2 Å². The largest absolute Gasteiger partial charge is 0.462 e. The van der Waals surface area contributed by atoms with Crippen molar-refractivity contribution in [3.63, 3.8) is 0 Å². The van der Waals surface area contributed by atoms with E-state index in [9.17, 15) is 4.79 Å². The van der Waals surface area contributed by atoms with Crippen LogP contribution in [0, 0.1) is 5.92 Å². The van der Waals surface area contributed by atoms with Gasteiger partial charge in [0.1, 0.15) is 9.71 Å². The molecule has 0 fully saturated rings. The van der Waals surface area contributed by atoms with Gasteiger partial charge in [-0.2, -0.15) is 0 Å². The van der Waals surface area contributed by atoms with Gasteiger partial charge in [-0.05, 0) is 38.7 Å². The van der Waals surface area contributed by atoms with Crippen molar-refractivity contribution in [2.24, 2.45) is 5.92 Å². The van der Waals surface area contributed by atoms with Gasteiger partial charge in [-0.3, -0.25) is 0 Å². The zero-order valence-electron chi connectivity index (χ0n) is 15.6. The molecule has 3 rings (SSSR count). The standard InChI is InChI=1S/C19H26N2O3S/c1-6-23-18(22)16-15(20)14-11-8-19(4,5)24-9-12(11)13(7-10(2)3)21-17(14)25-16/h10H,6-9,20H2,1-5H3. The molecule has 3 heterocycles. The SMILES string of the molecule is CCOC(=O)c1sc2nc(CC(C)C)c3c(c2c1N)CC(C)(C)OC3. The maximum absolute atomic E-state index is 12.2. The Morgan fingerprint density at radius 3 is 2.76 bits per heavy atom. The van der Waals surface area contributed by atoms with Gasteiger partial charge in [0.2, 0.25) is 0 Å². The number of anilines is 1. The molecule has 0 unspecified atom stereocenters. The number of nitrogens with zero attached hydrogens (tertiary/aromatic N) is 1. The van der Waals surface area contributed by atoms with Gasteiger partial charge in [-0.25, -0.2) is 9.78 Å². The summed E-state index contributed by atoms with van der Waals surface area (Å²) in [6.45, 7) is 11.2. The molecule has 0 amide bonds. The average Bonchev–Trinajstić information content (AvgIpc) is 2.83. The highest BCUT2D eigenvalue weighted by Crippen LogP contribution is 2.42. The Hall–Kier alpha value is -1.66. The highest BCUT2D eigenvalue weighted by molar-refractivity contribution is 7.21. The predicted molar refractivity (Wildman–Crippen MR) is 101 cm³/mol. The molecule has 6 heteroatoms. The smallest absolute Gasteiger partial charge is 0.350 e. The fourth-order valence-electron chi connectivity index (χ4n) is 3.33. The Labute approximate surface area is 152 Å². The van der Waals surface area contributed by atoms with Crippen molar-refractivity contribution in [1.82, 2.24) is 4.98 Å². The maximum atomic E-state index is 12.2. The number of pyridine rings is 1. The van der Waals surface area contributed by atoms with Gasteiger partial charge < -0.3 is 15.2 Å². The molecule has 136 valence electrons. The number of aromatic nitrogens is 1. The van der Waals surface area contributed by atoms with E-state index in [-0.39, 0.29) is 11.6 Å². The van der Waals surface area contributed by atoms with Crippen molar-refractivity contribution in [3.8, 4) is 0 Å². The van der Waals surface area contributed by atoms with Gasteiger partial charge in [0.25, 0.3) is 0 Å². The van der Waals surface area contributed by atoms with E-state index < -0.39 is 0 Å². The summed E-state index contributed by atoms with van der Waals surface area (Å²) in [5.41, 5.74) is 9.98. The Balaban J connectivity index is 2.24. The first-order valence-corrected chi connectivity index (χ1v) is 9.58. The van der Waals surface area contributed by atoms with Crippen LogP contribution in [0.4, 0.5) is 5.69 Å². The molecule has 0 aromatic carbocycles. The van der Waals surface area contributed by atoms with Gasteiger partial charge in [-0.15, -0.1) is 11.3 Å². The van der Waals surface area contributed by atoms with Crippen LogP contribution in [0.5, 0.6) is 0 Å². The first kappa shape index (κ1) is 18.1.